The van der Waals surface area contributed by atoms with Gasteiger partial charge in [0.2, 0.25) is 0 Å². The number of hydrogen-bond donors (Lipinski definition) is 1. The predicted molar refractivity (Wildman–Crippen MR) is 128 cm³/mol. The monoisotopic (exact) mass is 512 g/mol. The van der Waals surface area contributed by atoms with Gasteiger partial charge in [-0.2, -0.15) is 13.2 Å². The molecule has 0 amide bonds. The molecule has 1 saturated heterocycles. The molecule has 0 spiro atoms. The standard InChI is InChI=1S/C25H25Cl2F3N2O2/c1-14-9-18(25(28,29)30)10-19-15(2)11-32(23(14)19)13-20-21(26)4-3-17(22(20)27)12-31-7-5-16(6-8-31)24(33)34/h3-4,9-11,16H,5-8,12-13H2,1-2H3,(H,33,34). The number of benzene rings is 2. The van der Waals surface area contributed by atoms with Crippen LogP contribution in [-0.2, 0) is 24.1 Å². The number of aromatic nitrogens is 1. The summed E-state index contributed by atoms with van der Waals surface area (Å²) in [5, 5.41) is 10.8. The second-order valence-corrected chi connectivity index (χ2v) is 9.80. The van der Waals surface area contributed by atoms with Crippen molar-refractivity contribution in [2.45, 2.75) is 46.0 Å². The van der Waals surface area contributed by atoms with Crippen LogP contribution in [0.5, 0.6) is 0 Å². The van der Waals surface area contributed by atoms with Crippen LogP contribution in [0.4, 0.5) is 13.2 Å². The Morgan fingerprint density at radius 1 is 1.09 bits per heavy atom. The Bertz CT molecular complexity index is 1250. The molecule has 0 radical (unpaired) electrons. The average Bonchev–Trinajstić information content (AvgIpc) is 3.09. The molecule has 3 aromatic rings. The van der Waals surface area contributed by atoms with Gasteiger partial charge in [0, 0.05) is 28.7 Å². The number of halogens is 5. The topological polar surface area (TPSA) is 45.5 Å². The fraction of sp³-hybridized carbons (Fsp3) is 0.400. The molecule has 2 aromatic carbocycles. The van der Waals surface area contributed by atoms with Gasteiger partial charge in [-0.3, -0.25) is 9.69 Å². The van der Waals surface area contributed by atoms with Crippen LogP contribution in [0.15, 0.2) is 30.5 Å². The number of carbonyl (C=O) groups is 1. The quantitative estimate of drug-likeness (QED) is 0.403. The Morgan fingerprint density at radius 3 is 2.38 bits per heavy atom. The molecule has 1 aromatic heterocycles. The minimum atomic E-state index is -4.41. The number of nitrogens with zero attached hydrogens (tertiary/aromatic N) is 2. The molecular formula is C25H25Cl2F3N2O2. The smallest absolute Gasteiger partial charge is 0.416 e. The number of hydrogen-bond acceptors (Lipinski definition) is 2. The fourth-order valence-electron chi connectivity index (χ4n) is 4.78. The lowest BCUT2D eigenvalue weighted by Crippen LogP contribution is -2.35. The van der Waals surface area contributed by atoms with E-state index in [-0.39, 0.29) is 5.92 Å². The largest absolute Gasteiger partial charge is 0.481 e. The molecule has 34 heavy (non-hydrogen) atoms. The van der Waals surface area contributed by atoms with Crippen molar-refractivity contribution in [2.24, 2.45) is 5.92 Å². The van der Waals surface area contributed by atoms with Crippen molar-refractivity contribution in [1.29, 1.82) is 0 Å². The van der Waals surface area contributed by atoms with Crippen molar-refractivity contribution in [3.05, 3.63) is 68.3 Å². The normalized spacial score (nSPS) is 15.9. The first kappa shape index (κ1) is 24.9. The SMILES string of the molecule is Cc1cn(Cc2c(Cl)ccc(CN3CCC(C(=O)O)CC3)c2Cl)c2c(C)cc(C(F)(F)F)cc12. The van der Waals surface area contributed by atoms with E-state index in [4.69, 9.17) is 23.2 Å². The molecule has 1 aliphatic rings. The lowest BCUT2D eigenvalue weighted by molar-refractivity contribution is -0.143. The van der Waals surface area contributed by atoms with Crippen LogP contribution in [0, 0.1) is 19.8 Å². The molecule has 0 unspecified atom stereocenters. The Balaban J connectivity index is 1.63. The summed E-state index contributed by atoms with van der Waals surface area (Å²) in [5.74, 6) is -1.06. The van der Waals surface area contributed by atoms with Crippen molar-refractivity contribution in [3.8, 4) is 0 Å². The number of rotatable bonds is 5. The maximum atomic E-state index is 13.3. The molecule has 2 heterocycles. The summed E-state index contributed by atoms with van der Waals surface area (Å²) in [6.45, 7) is 5.71. The van der Waals surface area contributed by atoms with Crippen molar-refractivity contribution in [2.75, 3.05) is 13.1 Å². The van der Waals surface area contributed by atoms with Crippen LogP contribution >= 0.6 is 23.2 Å². The molecule has 4 rings (SSSR count). The molecule has 1 aliphatic heterocycles. The highest BCUT2D eigenvalue weighted by Gasteiger charge is 2.32. The van der Waals surface area contributed by atoms with Gasteiger partial charge in [0.15, 0.2) is 0 Å². The highest BCUT2D eigenvalue weighted by molar-refractivity contribution is 6.36. The van der Waals surface area contributed by atoms with Crippen LogP contribution in [0.1, 0.15) is 40.7 Å². The zero-order valence-corrected chi connectivity index (χ0v) is 20.4. The number of aliphatic carboxylic acids is 1. The third-order valence-electron chi connectivity index (χ3n) is 6.61. The Kier molecular flexibility index (Phi) is 6.91. The van der Waals surface area contributed by atoms with E-state index in [1.54, 1.807) is 19.9 Å². The predicted octanol–water partition coefficient (Wildman–Crippen LogP) is 6.93. The molecule has 1 N–H and O–H groups in total. The first-order valence-corrected chi connectivity index (χ1v) is 11.8. The molecule has 1 fully saturated rings. The van der Waals surface area contributed by atoms with Gasteiger partial charge in [-0.15, -0.1) is 0 Å². The van der Waals surface area contributed by atoms with Crippen molar-refractivity contribution >= 4 is 40.1 Å². The van der Waals surface area contributed by atoms with Crippen LogP contribution in [0.25, 0.3) is 10.9 Å². The molecule has 0 atom stereocenters. The zero-order chi connectivity index (χ0) is 24.8. The molecule has 0 saturated carbocycles. The molecule has 0 bridgehead atoms. The first-order valence-electron chi connectivity index (χ1n) is 11.0. The van der Waals surface area contributed by atoms with Crippen molar-refractivity contribution in [1.82, 2.24) is 9.47 Å². The minimum Gasteiger partial charge on any atom is -0.481 e. The Morgan fingerprint density at radius 2 is 1.76 bits per heavy atom. The van der Waals surface area contributed by atoms with E-state index >= 15 is 0 Å². The molecule has 182 valence electrons. The van der Waals surface area contributed by atoms with E-state index in [9.17, 15) is 23.1 Å². The van der Waals surface area contributed by atoms with Gasteiger partial charge >= 0.3 is 12.1 Å². The van der Waals surface area contributed by atoms with E-state index in [1.807, 2.05) is 16.8 Å². The van der Waals surface area contributed by atoms with Crippen LogP contribution < -0.4 is 0 Å². The second-order valence-electron chi connectivity index (χ2n) is 9.01. The summed E-state index contributed by atoms with van der Waals surface area (Å²) >= 11 is 13.3. The zero-order valence-electron chi connectivity index (χ0n) is 18.8. The highest BCUT2D eigenvalue weighted by atomic mass is 35.5. The molecule has 4 nitrogen and oxygen atoms in total. The number of carboxylic acid groups (broad SMARTS) is 1. The molecular weight excluding hydrogens is 488 g/mol. The van der Waals surface area contributed by atoms with Gasteiger partial charge < -0.3 is 9.67 Å². The lowest BCUT2D eigenvalue weighted by Gasteiger charge is -2.30. The number of alkyl halides is 3. The number of aryl methyl sites for hydroxylation is 2. The maximum Gasteiger partial charge on any atom is 0.416 e. The number of piperidine rings is 1. The van der Waals surface area contributed by atoms with Crippen LogP contribution in [0.3, 0.4) is 0 Å². The first-order chi connectivity index (χ1) is 16.0. The van der Waals surface area contributed by atoms with Crippen LogP contribution in [0.2, 0.25) is 10.0 Å². The summed E-state index contributed by atoms with van der Waals surface area (Å²) in [6.07, 6.45) is -1.39. The van der Waals surface area contributed by atoms with Gasteiger partial charge in [-0.25, -0.2) is 0 Å². The van der Waals surface area contributed by atoms with E-state index < -0.39 is 17.7 Å². The third kappa shape index (κ3) is 4.92. The van der Waals surface area contributed by atoms with Crippen molar-refractivity contribution in [3.63, 3.8) is 0 Å². The number of carboxylic acids is 1. The highest BCUT2D eigenvalue weighted by Crippen LogP contribution is 2.36. The minimum absolute atomic E-state index is 0.307. The van der Waals surface area contributed by atoms with Gasteiger partial charge in [0.1, 0.15) is 0 Å². The molecule has 0 aliphatic carbocycles. The number of likely N-dealkylation sites (tertiary alicyclic amines) is 1. The maximum absolute atomic E-state index is 13.3. The van der Waals surface area contributed by atoms with E-state index in [1.165, 1.54) is 12.1 Å². The van der Waals surface area contributed by atoms with Crippen LogP contribution in [-0.4, -0.2) is 33.6 Å². The van der Waals surface area contributed by atoms with Gasteiger partial charge in [-0.1, -0.05) is 29.3 Å². The van der Waals surface area contributed by atoms with E-state index in [2.05, 4.69) is 4.90 Å². The summed E-state index contributed by atoms with van der Waals surface area (Å²) in [7, 11) is 0. The summed E-state index contributed by atoms with van der Waals surface area (Å²) in [4.78, 5) is 13.4. The van der Waals surface area contributed by atoms with E-state index in [0.29, 0.717) is 65.6 Å². The third-order valence-corrected chi connectivity index (χ3v) is 7.44. The summed E-state index contributed by atoms with van der Waals surface area (Å²) < 4.78 is 41.8. The summed E-state index contributed by atoms with van der Waals surface area (Å²) in [5.41, 5.74) is 2.93. The molecule has 9 heteroatoms. The Hall–Kier alpha value is -2.22. The number of fused-ring (bicyclic) bond motifs is 1. The summed E-state index contributed by atoms with van der Waals surface area (Å²) in [6, 6.07) is 6.01. The van der Waals surface area contributed by atoms with Gasteiger partial charge in [0.05, 0.1) is 28.6 Å². The average molecular weight is 513 g/mol. The van der Waals surface area contributed by atoms with E-state index in [0.717, 1.165) is 16.6 Å². The van der Waals surface area contributed by atoms with Gasteiger partial charge in [-0.05, 0) is 74.7 Å². The Labute approximate surface area is 205 Å². The lowest BCUT2D eigenvalue weighted by atomic mass is 9.96. The second kappa shape index (κ2) is 9.44. The fourth-order valence-corrected chi connectivity index (χ4v) is 5.33. The van der Waals surface area contributed by atoms with Gasteiger partial charge in [0.25, 0.3) is 0 Å². The van der Waals surface area contributed by atoms with Crippen molar-refractivity contribution < 1.29 is 23.1 Å².